The maximum atomic E-state index is 12.3. The molecule has 1 saturated heterocycles. The van der Waals surface area contributed by atoms with E-state index < -0.39 is 24.4 Å². The van der Waals surface area contributed by atoms with Gasteiger partial charge in [0.1, 0.15) is 22.4 Å². The number of thiocarbonyl (C=S) groups is 1. The molecule has 1 aromatic carbocycles. The molecule has 0 unspecified atom stereocenters. The second kappa shape index (κ2) is 7.37. The molecular weight excluding hydrogens is 390 g/mol. The molecule has 0 saturated carbocycles. The Kier molecular flexibility index (Phi) is 5.15. The molecule has 138 valence electrons. The van der Waals surface area contributed by atoms with Crippen molar-refractivity contribution in [3.8, 4) is 11.3 Å². The molecule has 27 heavy (non-hydrogen) atoms. The van der Waals surface area contributed by atoms with Gasteiger partial charge in [-0.3, -0.25) is 14.5 Å². The predicted molar refractivity (Wildman–Crippen MR) is 103 cm³/mol. The second-order valence-electron chi connectivity index (χ2n) is 5.65. The number of carboxylic acids is 2. The minimum absolute atomic E-state index is 0.172. The van der Waals surface area contributed by atoms with Gasteiger partial charge in [0, 0.05) is 11.6 Å². The summed E-state index contributed by atoms with van der Waals surface area (Å²) in [5, 5.41) is 18.1. The lowest BCUT2D eigenvalue weighted by Gasteiger charge is -2.09. The van der Waals surface area contributed by atoms with Crippen LogP contribution < -0.4 is 0 Å². The fourth-order valence-electron chi connectivity index (χ4n) is 2.61. The van der Waals surface area contributed by atoms with Crippen LogP contribution in [-0.2, 0) is 9.59 Å². The first-order valence-corrected chi connectivity index (χ1v) is 8.90. The van der Waals surface area contributed by atoms with Crippen LogP contribution in [0, 0.1) is 6.92 Å². The van der Waals surface area contributed by atoms with Crippen LogP contribution in [0.25, 0.3) is 17.4 Å². The molecule has 7 nitrogen and oxygen atoms in total. The molecule has 1 aromatic heterocycles. The second-order valence-corrected chi connectivity index (χ2v) is 7.32. The molecule has 0 radical (unpaired) electrons. The number of hydrogen-bond acceptors (Lipinski definition) is 6. The van der Waals surface area contributed by atoms with Crippen molar-refractivity contribution in [1.29, 1.82) is 0 Å². The number of thioether (sulfide) groups is 1. The Morgan fingerprint density at radius 3 is 2.67 bits per heavy atom. The van der Waals surface area contributed by atoms with Crippen molar-refractivity contribution in [2.24, 2.45) is 0 Å². The number of nitrogens with zero attached hydrogens (tertiary/aromatic N) is 1. The topological polar surface area (TPSA) is 108 Å². The van der Waals surface area contributed by atoms with E-state index >= 15 is 0 Å². The van der Waals surface area contributed by atoms with E-state index in [-0.39, 0.29) is 14.8 Å². The van der Waals surface area contributed by atoms with Crippen molar-refractivity contribution < 1.29 is 29.0 Å². The first-order chi connectivity index (χ1) is 12.8. The Bertz CT molecular complexity index is 1010. The number of carbonyl (C=O) groups excluding carboxylic acids is 1. The van der Waals surface area contributed by atoms with Crippen molar-refractivity contribution >= 4 is 52.2 Å². The van der Waals surface area contributed by atoms with Crippen molar-refractivity contribution in [3.05, 3.63) is 52.1 Å². The minimum Gasteiger partial charge on any atom is -0.480 e. The highest BCUT2D eigenvalue weighted by atomic mass is 32.2. The van der Waals surface area contributed by atoms with E-state index in [1.54, 1.807) is 31.2 Å². The number of benzene rings is 1. The van der Waals surface area contributed by atoms with Gasteiger partial charge in [0.15, 0.2) is 0 Å². The summed E-state index contributed by atoms with van der Waals surface area (Å²) >= 11 is 6.05. The summed E-state index contributed by atoms with van der Waals surface area (Å²) in [6, 6.07) is 8.21. The molecule has 3 rings (SSSR count). The number of rotatable bonds is 5. The lowest BCUT2D eigenvalue weighted by Crippen LogP contribution is -2.33. The summed E-state index contributed by atoms with van der Waals surface area (Å²) in [5.74, 6) is -1.83. The summed E-state index contributed by atoms with van der Waals surface area (Å²) in [7, 11) is 0. The number of hydrogen-bond donors (Lipinski definition) is 2. The molecule has 1 aliphatic rings. The monoisotopic (exact) mass is 403 g/mol. The van der Waals surface area contributed by atoms with E-state index in [0.717, 1.165) is 16.7 Å². The van der Waals surface area contributed by atoms with E-state index in [9.17, 15) is 19.5 Å². The average molecular weight is 403 g/mol. The molecule has 0 atom stereocenters. The number of aliphatic carboxylic acids is 1. The van der Waals surface area contributed by atoms with Crippen LogP contribution in [0.4, 0.5) is 0 Å². The highest BCUT2D eigenvalue weighted by molar-refractivity contribution is 8.26. The molecule has 1 amide bonds. The van der Waals surface area contributed by atoms with Crippen LogP contribution in [0.3, 0.4) is 0 Å². The van der Waals surface area contributed by atoms with Crippen molar-refractivity contribution in [3.63, 3.8) is 0 Å². The molecule has 2 heterocycles. The van der Waals surface area contributed by atoms with E-state index in [1.807, 2.05) is 0 Å². The molecule has 2 aromatic rings. The fraction of sp³-hybridized carbons (Fsp3) is 0.111. The fourth-order valence-corrected chi connectivity index (χ4v) is 3.85. The number of carbonyl (C=O) groups is 3. The minimum atomic E-state index is -1.15. The van der Waals surface area contributed by atoms with E-state index in [2.05, 4.69) is 0 Å². The van der Waals surface area contributed by atoms with Gasteiger partial charge in [-0.2, -0.15) is 0 Å². The highest BCUT2D eigenvalue weighted by Gasteiger charge is 2.33. The van der Waals surface area contributed by atoms with Crippen LogP contribution in [0.5, 0.6) is 0 Å². The largest absolute Gasteiger partial charge is 0.480 e. The van der Waals surface area contributed by atoms with Crippen molar-refractivity contribution in [2.75, 3.05) is 6.54 Å². The molecule has 1 fully saturated rings. The highest BCUT2D eigenvalue weighted by Crippen LogP contribution is 2.34. The number of aromatic carboxylic acids is 1. The summed E-state index contributed by atoms with van der Waals surface area (Å²) < 4.78 is 5.91. The lowest BCUT2D eigenvalue weighted by atomic mass is 10.0. The lowest BCUT2D eigenvalue weighted by molar-refractivity contribution is -0.140. The van der Waals surface area contributed by atoms with Gasteiger partial charge in [-0.25, -0.2) is 4.79 Å². The third-order valence-electron chi connectivity index (χ3n) is 3.90. The zero-order valence-electron chi connectivity index (χ0n) is 14.0. The SMILES string of the molecule is Cc1c(C(=O)O)cccc1-c1ccc(C=C2SC(=S)N(CC(=O)O)C2=O)o1. The molecule has 2 N–H and O–H groups in total. The third kappa shape index (κ3) is 3.79. The number of furan rings is 1. The Morgan fingerprint density at radius 2 is 2.00 bits per heavy atom. The van der Waals surface area contributed by atoms with Gasteiger partial charge in [-0.05, 0) is 30.7 Å². The Morgan fingerprint density at radius 1 is 1.26 bits per heavy atom. The van der Waals surface area contributed by atoms with E-state index in [0.29, 0.717) is 22.6 Å². The molecular formula is C18H13NO6S2. The normalized spacial score (nSPS) is 15.6. The van der Waals surface area contributed by atoms with Gasteiger partial charge in [-0.15, -0.1) is 0 Å². The molecule has 9 heteroatoms. The van der Waals surface area contributed by atoms with Gasteiger partial charge >= 0.3 is 11.9 Å². The zero-order valence-corrected chi connectivity index (χ0v) is 15.6. The number of amides is 1. The summed E-state index contributed by atoms with van der Waals surface area (Å²) in [4.78, 5) is 35.7. The van der Waals surface area contributed by atoms with Gasteiger partial charge in [0.2, 0.25) is 0 Å². The Hall–Kier alpha value is -2.91. The standard InChI is InChI=1S/C18H13NO6S2/c1-9-11(3-2-4-12(9)17(23)24)13-6-5-10(25-13)7-14-16(22)19(8-15(20)21)18(26)27-14/h2-7H,8H2,1H3,(H,20,21)(H,23,24). The predicted octanol–water partition coefficient (Wildman–Crippen LogP) is 3.24. The molecule has 0 aliphatic carbocycles. The molecule has 0 spiro atoms. The van der Waals surface area contributed by atoms with Gasteiger partial charge in [0.25, 0.3) is 5.91 Å². The van der Waals surface area contributed by atoms with Crippen LogP contribution in [0.15, 0.2) is 39.7 Å². The quantitative estimate of drug-likeness (QED) is 0.579. The summed E-state index contributed by atoms with van der Waals surface area (Å²) in [5.41, 5.74) is 1.38. The first-order valence-electron chi connectivity index (χ1n) is 7.68. The zero-order chi connectivity index (χ0) is 19.7. The van der Waals surface area contributed by atoms with E-state index in [4.69, 9.17) is 21.7 Å². The van der Waals surface area contributed by atoms with Gasteiger partial charge < -0.3 is 14.6 Å². The smallest absolute Gasteiger partial charge is 0.335 e. The van der Waals surface area contributed by atoms with Crippen molar-refractivity contribution in [1.82, 2.24) is 4.90 Å². The Labute approximate surface area is 163 Å². The van der Waals surface area contributed by atoms with Gasteiger partial charge in [-0.1, -0.05) is 36.1 Å². The molecule has 0 bridgehead atoms. The Balaban J connectivity index is 1.89. The van der Waals surface area contributed by atoms with E-state index in [1.165, 1.54) is 12.1 Å². The summed E-state index contributed by atoms with van der Waals surface area (Å²) in [6.07, 6.45) is 1.49. The summed E-state index contributed by atoms with van der Waals surface area (Å²) in [6.45, 7) is 1.20. The van der Waals surface area contributed by atoms with Crippen LogP contribution in [-0.4, -0.2) is 43.8 Å². The van der Waals surface area contributed by atoms with Crippen molar-refractivity contribution in [2.45, 2.75) is 6.92 Å². The average Bonchev–Trinajstić information content (AvgIpc) is 3.15. The molecule has 1 aliphatic heterocycles. The van der Waals surface area contributed by atoms with Crippen LogP contribution in [0.1, 0.15) is 21.7 Å². The van der Waals surface area contributed by atoms with Gasteiger partial charge in [0.05, 0.1) is 10.5 Å². The number of carboxylic acid groups (broad SMARTS) is 2. The first kappa shape index (κ1) is 18.9. The van der Waals surface area contributed by atoms with Crippen LogP contribution >= 0.6 is 24.0 Å². The van der Waals surface area contributed by atoms with Crippen LogP contribution in [0.2, 0.25) is 0 Å². The third-order valence-corrected chi connectivity index (χ3v) is 5.27. The maximum absolute atomic E-state index is 12.3. The maximum Gasteiger partial charge on any atom is 0.335 e.